The van der Waals surface area contributed by atoms with Crippen molar-refractivity contribution in [1.82, 2.24) is 14.5 Å². The Balaban J connectivity index is 1.24. The first kappa shape index (κ1) is 23.4. The molecule has 5 rings (SSSR count). The van der Waals surface area contributed by atoms with Gasteiger partial charge in [0.15, 0.2) is 5.82 Å². The van der Waals surface area contributed by atoms with Crippen molar-refractivity contribution in [2.24, 2.45) is 0 Å². The predicted molar refractivity (Wildman–Crippen MR) is 140 cm³/mol. The number of hydrogen-bond acceptors (Lipinski definition) is 6. The highest BCUT2D eigenvalue weighted by molar-refractivity contribution is 5.97. The minimum atomic E-state index is -0.387. The van der Waals surface area contributed by atoms with Gasteiger partial charge in [-0.25, -0.2) is 14.6 Å². The maximum Gasteiger partial charge on any atom is 0.338 e. The van der Waals surface area contributed by atoms with Crippen molar-refractivity contribution in [2.45, 2.75) is 13.5 Å². The Labute approximate surface area is 210 Å². The SMILES string of the molecule is CCNc1cccnc1N1CCN(C(=O)n2ccc3cc(C(=O)OCc4ccccc4)ccc32)CC1. The normalized spacial score (nSPS) is 13.6. The second-order valence-electron chi connectivity index (χ2n) is 8.68. The van der Waals surface area contributed by atoms with Crippen LogP contribution in [0.1, 0.15) is 22.8 Å². The quantitative estimate of drug-likeness (QED) is 0.403. The highest BCUT2D eigenvalue weighted by Crippen LogP contribution is 2.25. The molecule has 0 atom stereocenters. The smallest absolute Gasteiger partial charge is 0.338 e. The maximum atomic E-state index is 13.3. The highest BCUT2D eigenvalue weighted by atomic mass is 16.5. The van der Waals surface area contributed by atoms with Crippen molar-refractivity contribution >= 4 is 34.4 Å². The standard InChI is InChI=1S/C28H29N5O3/c1-2-29-24-9-6-13-30-26(24)31-15-17-32(18-16-31)28(35)33-14-12-22-19-23(10-11-25(22)33)27(34)36-20-21-7-4-3-5-8-21/h3-14,19,29H,2,15-18,20H2,1H3. The molecule has 0 saturated carbocycles. The van der Waals surface area contributed by atoms with Crippen molar-refractivity contribution in [3.05, 3.63) is 90.3 Å². The van der Waals surface area contributed by atoms with Crippen LogP contribution in [-0.4, -0.2) is 59.2 Å². The van der Waals surface area contributed by atoms with E-state index in [4.69, 9.17) is 4.74 Å². The summed E-state index contributed by atoms with van der Waals surface area (Å²) in [6, 6.07) is 20.6. The third-order valence-electron chi connectivity index (χ3n) is 6.35. The van der Waals surface area contributed by atoms with Crippen LogP contribution in [0, 0.1) is 0 Å². The lowest BCUT2D eigenvalue weighted by Gasteiger charge is -2.36. The monoisotopic (exact) mass is 483 g/mol. The zero-order chi connectivity index (χ0) is 24.9. The third-order valence-corrected chi connectivity index (χ3v) is 6.35. The van der Waals surface area contributed by atoms with Crippen molar-refractivity contribution < 1.29 is 14.3 Å². The topological polar surface area (TPSA) is 79.7 Å². The molecule has 1 fully saturated rings. The summed E-state index contributed by atoms with van der Waals surface area (Å²) in [5.74, 6) is 0.534. The number of amides is 1. The number of hydrogen-bond donors (Lipinski definition) is 1. The first-order valence-corrected chi connectivity index (χ1v) is 12.2. The summed E-state index contributed by atoms with van der Waals surface area (Å²) in [6.45, 7) is 5.72. The second-order valence-corrected chi connectivity index (χ2v) is 8.68. The molecule has 0 spiro atoms. The van der Waals surface area contributed by atoms with Gasteiger partial charge < -0.3 is 19.9 Å². The number of ether oxygens (including phenoxy) is 1. The molecule has 0 aliphatic carbocycles. The van der Waals surface area contributed by atoms with E-state index >= 15 is 0 Å². The summed E-state index contributed by atoms with van der Waals surface area (Å²) in [6.07, 6.45) is 3.56. The fourth-order valence-corrected chi connectivity index (χ4v) is 4.48. The average Bonchev–Trinajstić information content (AvgIpc) is 3.36. The number of esters is 1. The Kier molecular flexibility index (Phi) is 6.84. The van der Waals surface area contributed by atoms with Crippen LogP contribution in [0.2, 0.25) is 0 Å². The number of benzene rings is 2. The molecule has 8 heteroatoms. The molecule has 36 heavy (non-hydrogen) atoms. The number of pyridine rings is 1. The van der Waals surface area contributed by atoms with Gasteiger partial charge in [0.1, 0.15) is 6.61 Å². The first-order valence-electron chi connectivity index (χ1n) is 12.2. The largest absolute Gasteiger partial charge is 0.457 e. The number of rotatable bonds is 6. The lowest BCUT2D eigenvalue weighted by Crippen LogP contribution is -2.50. The third kappa shape index (κ3) is 4.88. The Bertz CT molecular complexity index is 1360. The van der Waals surface area contributed by atoms with Gasteiger partial charge in [-0.05, 0) is 48.9 Å². The number of nitrogens with zero attached hydrogens (tertiary/aromatic N) is 4. The molecule has 4 aromatic rings. The van der Waals surface area contributed by atoms with Crippen LogP contribution < -0.4 is 10.2 Å². The van der Waals surface area contributed by atoms with Crippen molar-refractivity contribution in [3.8, 4) is 0 Å². The molecule has 2 aromatic carbocycles. The summed E-state index contributed by atoms with van der Waals surface area (Å²) in [5.41, 5.74) is 3.17. The van der Waals surface area contributed by atoms with Crippen LogP contribution in [0.5, 0.6) is 0 Å². The van der Waals surface area contributed by atoms with E-state index in [0.717, 1.165) is 34.5 Å². The number of carbonyl (C=O) groups is 2. The number of carbonyl (C=O) groups excluding carboxylic acids is 2. The van der Waals surface area contributed by atoms with Gasteiger partial charge >= 0.3 is 12.0 Å². The van der Waals surface area contributed by atoms with Gasteiger partial charge in [-0.1, -0.05) is 30.3 Å². The molecule has 0 bridgehead atoms. The van der Waals surface area contributed by atoms with E-state index in [1.54, 1.807) is 35.2 Å². The zero-order valence-electron chi connectivity index (χ0n) is 20.3. The molecule has 0 radical (unpaired) electrons. The summed E-state index contributed by atoms with van der Waals surface area (Å²) in [5, 5.41) is 4.18. The molecule has 8 nitrogen and oxygen atoms in total. The Hall–Kier alpha value is -4.33. The Morgan fingerprint density at radius 3 is 2.56 bits per heavy atom. The van der Waals surface area contributed by atoms with E-state index in [1.807, 2.05) is 53.4 Å². The van der Waals surface area contributed by atoms with E-state index < -0.39 is 0 Å². The van der Waals surface area contributed by atoms with Crippen molar-refractivity contribution in [2.75, 3.05) is 42.9 Å². The maximum absolute atomic E-state index is 13.3. The van der Waals surface area contributed by atoms with Crippen LogP contribution in [-0.2, 0) is 11.3 Å². The zero-order valence-corrected chi connectivity index (χ0v) is 20.3. The minimum absolute atomic E-state index is 0.0722. The number of anilines is 2. The van der Waals surface area contributed by atoms with Gasteiger partial charge in [-0.15, -0.1) is 0 Å². The van der Waals surface area contributed by atoms with Gasteiger partial charge in [0.05, 0.1) is 16.8 Å². The van der Waals surface area contributed by atoms with Crippen LogP contribution in [0.4, 0.5) is 16.3 Å². The van der Waals surface area contributed by atoms with Gasteiger partial charge in [-0.3, -0.25) is 4.57 Å². The van der Waals surface area contributed by atoms with Gasteiger partial charge in [-0.2, -0.15) is 0 Å². The fraction of sp³-hybridized carbons (Fsp3) is 0.250. The summed E-state index contributed by atoms with van der Waals surface area (Å²) < 4.78 is 7.10. The van der Waals surface area contributed by atoms with E-state index in [0.29, 0.717) is 31.7 Å². The molecule has 1 N–H and O–H groups in total. The average molecular weight is 484 g/mol. The number of piperazine rings is 1. The lowest BCUT2D eigenvalue weighted by molar-refractivity contribution is 0.0473. The molecular weight excluding hydrogens is 454 g/mol. The Morgan fingerprint density at radius 2 is 1.78 bits per heavy atom. The van der Waals surface area contributed by atoms with E-state index in [-0.39, 0.29) is 18.6 Å². The molecule has 1 aliphatic heterocycles. The summed E-state index contributed by atoms with van der Waals surface area (Å²) >= 11 is 0. The molecule has 2 aromatic heterocycles. The van der Waals surface area contributed by atoms with Crippen LogP contribution in [0.15, 0.2) is 79.1 Å². The molecule has 1 saturated heterocycles. The van der Waals surface area contributed by atoms with E-state index in [9.17, 15) is 9.59 Å². The van der Waals surface area contributed by atoms with Gasteiger partial charge in [0.25, 0.3) is 0 Å². The first-order chi connectivity index (χ1) is 17.6. The molecule has 0 unspecified atom stereocenters. The van der Waals surface area contributed by atoms with Crippen LogP contribution >= 0.6 is 0 Å². The van der Waals surface area contributed by atoms with Gasteiger partial charge in [0.2, 0.25) is 0 Å². The fourth-order valence-electron chi connectivity index (χ4n) is 4.48. The van der Waals surface area contributed by atoms with E-state index in [1.165, 1.54) is 0 Å². The molecular formula is C28H29N5O3. The number of nitrogens with one attached hydrogen (secondary N) is 1. The Morgan fingerprint density at radius 1 is 0.972 bits per heavy atom. The molecule has 184 valence electrons. The van der Waals surface area contributed by atoms with Crippen molar-refractivity contribution in [3.63, 3.8) is 0 Å². The minimum Gasteiger partial charge on any atom is -0.457 e. The van der Waals surface area contributed by atoms with Crippen molar-refractivity contribution in [1.29, 1.82) is 0 Å². The number of fused-ring (bicyclic) bond motifs is 1. The molecule has 1 aliphatic rings. The lowest BCUT2D eigenvalue weighted by atomic mass is 10.1. The molecule has 3 heterocycles. The highest BCUT2D eigenvalue weighted by Gasteiger charge is 2.25. The summed E-state index contributed by atoms with van der Waals surface area (Å²) in [7, 11) is 0. The van der Waals surface area contributed by atoms with E-state index in [2.05, 4.69) is 22.1 Å². The second kappa shape index (κ2) is 10.5. The summed E-state index contributed by atoms with van der Waals surface area (Å²) in [4.78, 5) is 34.5. The number of aromatic nitrogens is 2. The van der Waals surface area contributed by atoms with Crippen LogP contribution in [0.25, 0.3) is 10.9 Å². The predicted octanol–water partition coefficient (Wildman–Crippen LogP) is 4.62. The molecule has 1 amide bonds. The van der Waals surface area contributed by atoms with Crippen LogP contribution in [0.3, 0.4) is 0 Å². The van der Waals surface area contributed by atoms with Gasteiger partial charge in [0, 0.05) is 50.5 Å².